The Morgan fingerprint density at radius 2 is 1.32 bits per heavy atom. The van der Waals surface area contributed by atoms with E-state index in [9.17, 15) is 50.8 Å². The molecule has 9 N–H and O–H groups in total. The standard InChI is InChI=1S/C49H80O16/c1-22-31(52)38(65-42-39(35(56)33(54)26(21-50)61-42)64-41-36(57)34(55)32(53)23(2)60-41)43(63-37(22)40(58)59)62-30-14-15-47(8)27(45(30,5)6)13-16-49(10)28(47)12-11-24-25-19-44(3,4)20-29(51)46(25,7)17-18-48(24,49)9/h11,22-23,25-39,41-43,50-57H,12-21H2,1-10H3,(H,58,59). The minimum absolute atomic E-state index is 0.0141. The number of fused-ring (bicyclic) bond motifs is 7. The van der Waals surface area contributed by atoms with Crippen LogP contribution in [0.4, 0.5) is 0 Å². The van der Waals surface area contributed by atoms with Crippen molar-refractivity contribution in [2.75, 3.05) is 6.61 Å². The SMILES string of the molecule is CC1OC(OC2C(OC3C(OC4CCC5(C)C(CCC6(C)C5CC=C5C7CC(C)(C)CC(O)C7(C)CCC56C)C4(C)C)OC(C(=O)O)C(C)C3O)OC(CO)C(O)C2O)C(O)C(O)C1O. The van der Waals surface area contributed by atoms with Gasteiger partial charge in [-0.05, 0) is 110 Å². The fourth-order valence-electron chi connectivity index (χ4n) is 15.3. The first-order valence-electron chi connectivity index (χ1n) is 24.4. The van der Waals surface area contributed by atoms with Crippen LogP contribution in [0, 0.1) is 56.2 Å². The van der Waals surface area contributed by atoms with Crippen LogP contribution in [0.5, 0.6) is 0 Å². The molecule has 0 spiro atoms. The molecule has 7 fully saturated rings. The van der Waals surface area contributed by atoms with Gasteiger partial charge >= 0.3 is 5.97 Å². The topological polar surface area (TPSA) is 255 Å². The van der Waals surface area contributed by atoms with Gasteiger partial charge in [0.25, 0.3) is 0 Å². The van der Waals surface area contributed by atoms with Gasteiger partial charge in [-0.3, -0.25) is 0 Å². The Morgan fingerprint density at radius 3 is 1.98 bits per heavy atom. The van der Waals surface area contributed by atoms with Crippen molar-refractivity contribution in [3.63, 3.8) is 0 Å². The zero-order valence-electron chi connectivity index (χ0n) is 40.1. The molecule has 3 aliphatic heterocycles. The van der Waals surface area contributed by atoms with Crippen molar-refractivity contribution >= 4 is 5.97 Å². The molecule has 8 aliphatic rings. The van der Waals surface area contributed by atoms with E-state index in [-0.39, 0.29) is 39.1 Å². The third kappa shape index (κ3) is 7.82. The molecule has 3 heterocycles. The van der Waals surface area contributed by atoms with Crippen molar-refractivity contribution in [3.05, 3.63) is 11.6 Å². The maximum Gasteiger partial charge on any atom is 0.333 e. The van der Waals surface area contributed by atoms with Gasteiger partial charge in [0, 0.05) is 11.3 Å². The smallest absolute Gasteiger partial charge is 0.333 e. The molecule has 0 aromatic heterocycles. The number of carboxylic acid groups (broad SMARTS) is 1. The third-order valence-corrected chi connectivity index (χ3v) is 19.7. The molecule has 3 saturated heterocycles. The summed E-state index contributed by atoms with van der Waals surface area (Å²) < 4.78 is 37.1. The van der Waals surface area contributed by atoms with Crippen molar-refractivity contribution in [2.45, 2.75) is 225 Å². The average molecular weight is 925 g/mol. The molecule has 5 aliphatic carbocycles. The van der Waals surface area contributed by atoms with Crippen LogP contribution in [0.1, 0.15) is 127 Å². The minimum atomic E-state index is -1.81. The number of ether oxygens (including phenoxy) is 6. The summed E-state index contributed by atoms with van der Waals surface area (Å²) in [4.78, 5) is 12.6. The summed E-state index contributed by atoms with van der Waals surface area (Å²) >= 11 is 0. The third-order valence-electron chi connectivity index (χ3n) is 19.7. The van der Waals surface area contributed by atoms with Crippen LogP contribution in [0.3, 0.4) is 0 Å². The highest BCUT2D eigenvalue weighted by molar-refractivity contribution is 5.73. The highest BCUT2D eigenvalue weighted by Gasteiger charge is 2.69. The van der Waals surface area contributed by atoms with E-state index < -0.39 is 116 Å². The molecule has 372 valence electrons. The molecule has 0 amide bonds. The normalized spacial score (nSPS) is 55.1. The lowest BCUT2D eigenvalue weighted by Gasteiger charge is -2.71. The predicted molar refractivity (Wildman–Crippen MR) is 232 cm³/mol. The maximum absolute atomic E-state index is 12.6. The van der Waals surface area contributed by atoms with Gasteiger partial charge < -0.3 is 74.4 Å². The zero-order valence-corrected chi connectivity index (χ0v) is 40.1. The number of aliphatic hydroxyl groups excluding tert-OH is 8. The number of aliphatic hydroxyl groups is 8. The van der Waals surface area contributed by atoms with Crippen LogP contribution >= 0.6 is 0 Å². The molecule has 65 heavy (non-hydrogen) atoms. The summed E-state index contributed by atoms with van der Waals surface area (Å²) in [7, 11) is 0. The Labute approximate surface area is 384 Å². The highest BCUT2D eigenvalue weighted by atomic mass is 16.8. The Balaban J connectivity index is 1.06. The molecule has 0 aromatic carbocycles. The largest absolute Gasteiger partial charge is 0.479 e. The Bertz CT molecular complexity index is 1790. The number of allylic oxidation sites excluding steroid dienone is 2. The molecular weight excluding hydrogens is 845 g/mol. The summed E-state index contributed by atoms with van der Waals surface area (Å²) in [6, 6.07) is 0. The second-order valence-corrected chi connectivity index (χ2v) is 24.1. The van der Waals surface area contributed by atoms with E-state index in [1.165, 1.54) is 13.8 Å². The van der Waals surface area contributed by atoms with Crippen LogP contribution in [-0.2, 0) is 33.2 Å². The van der Waals surface area contributed by atoms with E-state index in [2.05, 4.69) is 61.5 Å². The van der Waals surface area contributed by atoms with E-state index in [1.807, 2.05) is 0 Å². The molecule has 16 heteroatoms. The Kier molecular flexibility index (Phi) is 13.2. The van der Waals surface area contributed by atoms with Crippen LogP contribution in [0.25, 0.3) is 0 Å². The van der Waals surface area contributed by atoms with Gasteiger partial charge in [0.1, 0.15) is 48.8 Å². The monoisotopic (exact) mass is 925 g/mol. The molecular formula is C49H80O16. The average Bonchev–Trinajstić information content (AvgIpc) is 3.22. The first-order valence-corrected chi connectivity index (χ1v) is 24.4. The predicted octanol–water partition coefficient (Wildman–Crippen LogP) is 3.01. The number of carbonyl (C=O) groups is 1. The number of carboxylic acids is 1. The first kappa shape index (κ1) is 50.1. The second kappa shape index (κ2) is 17.2. The van der Waals surface area contributed by atoms with E-state index in [4.69, 9.17) is 28.4 Å². The summed E-state index contributed by atoms with van der Waals surface area (Å²) in [5.74, 6) is -1.39. The number of aliphatic carboxylic acids is 1. The van der Waals surface area contributed by atoms with E-state index in [0.717, 1.165) is 51.4 Å². The minimum Gasteiger partial charge on any atom is -0.479 e. The second-order valence-electron chi connectivity index (χ2n) is 24.1. The molecule has 4 saturated carbocycles. The fraction of sp³-hybridized carbons (Fsp3) is 0.939. The van der Waals surface area contributed by atoms with Gasteiger partial charge in [0.2, 0.25) is 0 Å². The molecule has 0 bridgehead atoms. The summed E-state index contributed by atoms with van der Waals surface area (Å²) in [5.41, 5.74) is 0.967. The van der Waals surface area contributed by atoms with E-state index >= 15 is 0 Å². The van der Waals surface area contributed by atoms with Crippen molar-refractivity contribution in [1.29, 1.82) is 0 Å². The van der Waals surface area contributed by atoms with Crippen molar-refractivity contribution < 1.29 is 79.2 Å². The maximum atomic E-state index is 12.6. The molecule has 24 unspecified atom stereocenters. The van der Waals surface area contributed by atoms with Crippen LogP contribution in [-0.4, -0.2) is 157 Å². The van der Waals surface area contributed by atoms with Crippen LogP contribution < -0.4 is 0 Å². The quantitative estimate of drug-likeness (QED) is 0.125. The summed E-state index contributed by atoms with van der Waals surface area (Å²) in [5, 5.41) is 97.8. The first-order chi connectivity index (χ1) is 30.2. The van der Waals surface area contributed by atoms with E-state index in [0.29, 0.717) is 18.3 Å². The number of rotatable bonds is 8. The van der Waals surface area contributed by atoms with Gasteiger partial charge in [-0.1, -0.05) is 74.0 Å². The van der Waals surface area contributed by atoms with Crippen molar-refractivity contribution in [3.8, 4) is 0 Å². The number of hydrogen-bond acceptors (Lipinski definition) is 15. The van der Waals surface area contributed by atoms with Crippen molar-refractivity contribution in [2.24, 2.45) is 56.2 Å². The Hall–Kier alpha value is -1.35. The van der Waals surface area contributed by atoms with Gasteiger partial charge in [-0.2, -0.15) is 0 Å². The van der Waals surface area contributed by atoms with Gasteiger partial charge in [0.05, 0.1) is 31.0 Å². The Morgan fingerprint density at radius 1 is 0.677 bits per heavy atom. The summed E-state index contributed by atoms with van der Waals surface area (Å²) in [6.07, 6.45) is -11.6. The fourth-order valence-corrected chi connectivity index (χ4v) is 15.3. The molecule has 0 radical (unpaired) electrons. The van der Waals surface area contributed by atoms with E-state index in [1.54, 1.807) is 5.57 Å². The lowest BCUT2D eigenvalue weighted by Crippen LogP contribution is -2.67. The zero-order chi connectivity index (χ0) is 47.7. The van der Waals surface area contributed by atoms with Gasteiger partial charge in [0.15, 0.2) is 25.0 Å². The number of hydrogen-bond donors (Lipinski definition) is 9. The molecule has 8 rings (SSSR count). The summed E-state index contributed by atoms with van der Waals surface area (Å²) in [6.45, 7) is 21.1. The highest BCUT2D eigenvalue weighted by Crippen LogP contribution is 2.76. The molecule has 0 aromatic rings. The van der Waals surface area contributed by atoms with Crippen molar-refractivity contribution in [1.82, 2.24) is 0 Å². The molecule has 16 nitrogen and oxygen atoms in total. The van der Waals surface area contributed by atoms with Crippen LogP contribution in [0.2, 0.25) is 0 Å². The van der Waals surface area contributed by atoms with Gasteiger partial charge in [-0.15, -0.1) is 0 Å². The van der Waals surface area contributed by atoms with Gasteiger partial charge in [-0.25, -0.2) is 4.79 Å². The lowest BCUT2D eigenvalue weighted by atomic mass is 9.33. The molecule has 24 atom stereocenters. The van der Waals surface area contributed by atoms with Crippen LogP contribution in [0.15, 0.2) is 11.6 Å². The lowest BCUT2D eigenvalue weighted by molar-refractivity contribution is -0.393.